The average molecular weight is 320 g/mol. The maximum Gasteiger partial charge on any atom is 0.137 e. The molecule has 2 aliphatic rings. The van der Waals surface area contributed by atoms with E-state index in [2.05, 4.69) is 20.0 Å². The van der Waals surface area contributed by atoms with Crippen molar-refractivity contribution in [3.63, 3.8) is 0 Å². The Bertz CT molecular complexity index is 632. The molecule has 0 aromatic carbocycles. The van der Waals surface area contributed by atoms with Crippen LogP contribution in [0.2, 0.25) is 5.02 Å². The van der Waals surface area contributed by atoms with Gasteiger partial charge in [-0.2, -0.15) is 5.10 Å². The van der Waals surface area contributed by atoms with Crippen LogP contribution in [0.15, 0.2) is 31.0 Å². The number of fused-ring (bicyclic) bond motifs is 1. The smallest absolute Gasteiger partial charge is 0.137 e. The van der Waals surface area contributed by atoms with Crippen LogP contribution < -0.4 is 4.90 Å². The molecular formula is C15H18ClN5O. The number of aromatic nitrogens is 4. The van der Waals surface area contributed by atoms with Crippen LogP contribution in [0.5, 0.6) is 0 Å². The highest BCUT2D eigenvalue weighted by molar-refractivity contribution is 6.30. The Morgan fingerprint density at radius 2 is 2.00 bits per heavy atom. The number of halogens is 1. The van der Waals surface area contributed by atoms with Crippen LogP contribution >= 0.6 is 11.6 Å². The zero-order chi connectivity index (χ0) is 15.1. The molecule has 1 N–H and O–H groups in total. The van der Waals surface area contributed by atoms with Gasteiger partial charge in [0.05, 0.1) is 17.2 Å². The van der Waals surface area contributed by atoms with E-state index in [1.807, 2.05) is 12.1 Å². The molecule has 1 aliphatic heterocycles. The molecule has 1 aliphatic carbocycles. The molecule has 2 aromatic rings. The van der Waals surface area contributed by atoms with Gasteiger partial charge < -0.3 is 10.0 Å². The number of nitrogens with zero attached hydrogens (tertiary/aromatic N) is 5. The molecular weight excluding hydrogens is 302 g/mol. The summed E-state index contributed by atoms with van der Waals surface area (Å²) in [6.45, 7) is 1.91. The Hall–Kier alpha value is -1.66. The molecule has 0 bridgehead atoms. The van der Waals surface area contributed by atoms with Crippen LogP contribution in [0.1, 0.15) is 18.9 Å². The normalized spacial score (nSPS) is 31.3. The van der Waals surface area contributed by atoms with E-state index in [4.69, 9.17) is 11.6 Å². The molecule has 0 spiro atoms. The van der Waals surface area contributed by atoms with E-state index in [1.54, 1.807) is 17.2 Å². The van der Waals surface area contributed by atoms with Crippen LogP contribution in [-0.2, 0) is 0 Å². The summed E-state index contributed by atoms with van der Waals surface area (Å²) in [6.07, 6.45) is 6.28. The lowest BCUT2D eigenvalue weighted by atomic mass is 9.77. The van der Waals surface area contributed by atoms with E-state index in [0.29, 0.717) is 16.9 Å². The van der Waals surface area contributed by atoms with E-state index < -0.39 is 0 Å². The van der Waals surface area contributed by atoms with Gasteiger partial charge in [0, 0.05) is 19.3 Å². The van der Waals surface area contributed by atoms with E-state index in [-0.39, 0.29) is 12.1 Å². The van der Waals surface area contributed by atoms with Crippen molar-refractivity contribution in [2.24, 2.45) is 11.8 Å². The third-order valence-electron chi connectivity index (χ3n) is 4.92. The maximum atomic E-state index is 10.4. The Labute approximate surface area is 133 Å². The summed E-state index contributed by atoms with van der Waals surface area (Å²) in [7, 11) is 0. The highest BCUT2D eigenvalue weighted by Crippen LogP contribution is 2.41. The Kier molecular flexibility index (Phi) is 3.50. The molecule has 2 fully saturated rings. The second-order valence-electron chi connectivity index (χ2n) is 6.24. The fraction of sp³-hybridized carbons (Fsp3) is 0.533. The molecule has 116 valence electrons. The van der Waals surface area contributed by atoms with Gasteiger partial charge in [-0.05, 0) is 36.8 Å². The van der Waals surface area contributed by atoms with Crippen molar-refractivity contribution in [2.45, 2.75) is 25.0 Å². The van der Waals surface area contributed by atoms with Crippen molar-refractivity contribution in [2.75, 3.05) is 18.0 Å². The SMILES string of the molecule is O[C@@H]1C[C@H]2CN(c3ccc(Cl)cn3)C[C@H]2C[C@H]1n1cncn1. The van der Waals surface area contributed by atoms with Crippen molar-refractivity contribution >= 4 is 17.4 Å². The first-order valence-electron chi connectivity index (χ1n) is 7.59. The van der Waals surface area contributed by atoms with Crippen molar-refractivity contribution in [3.8, 4) is 0 Å². The molecule has 7 heteroatoms. The molecule has 3 heterocycles. The molecule has 4 rings (SSSR count). The number of hydrogen-bond donors (Lipinski definition) is 1. The fourth-order valence-corrected chi connectivity index (χ4v) is 3.93. The van der Waals surface area contributed by atoms with Gasteiger partial charge >= 0.3 is 0 Å². The zero-order valence-corrected chi connectivity index (χ0v) is 12.8. The van der Waals surface area contributed by atoms with E-state index in [9.17, 15) is 5.11 Å². The molecule has 1 saturated heterocycles. The summed E-state index contributed by atoms with van der Waals surface area (Å²) in [5, 5.41) is 15.3. The molecule has 0 amide bonds. The molecule has 1 saturated carbocycles. The predicted molar refractivity (Wildman–Crippen MR) is 82.7 cm³/mol. The van der Waals surface area contributed by atoms with Crippen LogP contribution in [0.4, 0.5) is 5.82 Å². The van der Waals surface area contributed by atoms with Crippen LogP contribution in [-0.4, -0.2) is 44.0 Å². The minimum atomic E-state index is -0.360. The number of hydrogen-bond acceptors (Lipinski definition) is 5. The van der Waals surface area contributed by atoms with Gasteiger partial charge in [0.2, 0.25) is 0 Å². The molecule has 6 nitrogen and oxygen atoms in total. The van der Waals surface area contributed by atoms with Gasteiger partial charge in [0.25, 0.3) is 0 Å². The van der Waals surface area contributed by atoms with Gasteiger partial charge in [-0.15, -0.1) is 0 Å². The first-order chi connectivity index (χ1) is 10.7. The lowest BCUT2D eigenvalue weighted by molar-refractivity contribution is 0.0305. The van der Waals surface area contributed by atoms with Gasteiger partial charge in [-0.1, -0.05) is 11.6 Å². The Balaban J connectivity index is 1.50. The molecule has 2 aromatic heterocycles. The molecule has 22 heavy (non-hydrogen) atoms. The van der Waals surface area contributed by atoms with Crippen LogP contribution in [0, 0.1) is 11.8 Å². The minimum Gasteiger partial charge on any atom is -0.391 e. The van der Waals surface area contributed by atoms with Crippen molar-refractivity contribution in [1.82, 2.24) is 19.7 Å². The van der Waals surface area contributed by atoms with E-state index in [1.165, 1.54) is 6.33 Å². The van der Waals surface area contributed by atoms with Gasteiger partial charge in [0.15, 0.2) is 0 Å². The summed E-state index contributed by atoms with van der Waals surface area (Å²) in [5.41, 5.74) is 0. The van der Waals surface area contributed by atoms with E-state index in [0.717, 1.165) is 31.7 Å². The number of rotatable bonds is 2. The third-order valence-corrected chi connectivity index (χ3v) is 5.14. The number of aliphatic hydroxyl groups is 1. The summed E-state index contributed by atoms with van der Waals surface area (Å²) in [4.78, 5) is 10.7. The quantitative estimate of drug-likeness (QED) is 0.914. The average Bonchev–Trinajstić information content (AvgIpc) is 3.15. The summed E-state index contributed by atoms with van der Waals surface area (Å²) in [6, 6.07) is 3.87. The molecule has 4 atom stereocenters. The highest BCUT2D eigenvalue weighted by Gasteiger charge is 2.42. The molecule has 0 unspecified atom stereocenters. The van der Waals surface area contributed by atoms with Crippen molar-refractivity contribution < 1.29 is 5.11 Å². The monoisotopic (exact) mass is 319 g/mol. The third kappa shape index (κ3) is 2.46. The minimum absolute atomic E-state index is 0.0295. The second kappa shape index (κ2) is 5.52. The summed E-state index contributed by atoms with van der Waals surface area (Å²) < 4.78 is 1.80. The largest absolute Gasteiger partial charge is 0.391 e. The molecule has 0 radical (unpaired) electrons. The number of anilines is 1. The van der Waals surface area contributed by atoms with Crippen molar-refractivity contribution in [3.05, 3.63) is 36.0 Å². The number of pyridine rings is 1. The van der Waals surface area contributed by atoms with E-state index >= 15 is 0 Å². The maximum absolute atomic E-state index is 10.4. The van der Waals surface area contributed by atoms with Crippen LogP contribution in [0.3, 0.4) is 0 Å². The highest BCUT2D eigenvalue weighted by atomic mass is 35.5. The lowest BCUT2D eigenvalue weighted by Crippen LogP contribution is -2.36. The zero-order valence-electron chi connectivity index (χ0n) is 12.1. The first-order valence-corrected chi connectivity index (χ1v) is 7.97. The summed E-state index contributed by atoms with van der Waals surface area (Å²) >= 11 is 5.91. The fourth-order valence-electron chi connectivity index (χ4n) is 3.82. The standard InChI is InChI=1S/C15H18ClN5O/c16-12-1-2-15(18-5-12)20-6-10-3-13(21-9-17-8-19-21)14(22)4-11(10)7-20/h1-2,5,8-11,13-14,22H,3-4,6-7H2/t10-,11+,13-,14-/m1/s1. The summed E-state index contributed by atoms with van der Waals surface area (Å²) in [5.74, 6) is 2.02. The predicted octanol–water partition coefficient (Wildman–Crippen LogP) is 1.77. The Morgan fingerprint density at radius 3 is 2.68 bits per heavy atom. The van der Waals surface area contributed by atoms with Crippen LogP contribution in [0.25, 0.3) is 0 Å². The van der Waals surface area contributed by atoms with Gasteiger partial charge in [0.1, 0.15) is 18.5 Å². The van der Waals surface area contributed by atoms with Crippen molar-refractivity contribution in [1.29, 1.82) is 0 Å². The number of aliphatic hydroxyl groups excluding tert-OH is 1. The van der Waals surface area contributed by atoms with Gasteiger partial charge in [-0.3, -0.25) is 0 Å². The van der Waals surface area contributed by atoms with Gasteiger partial charge in [-0.25, -0.2) is 14.6 Å². The Morgan fingerprint density at radius 1 is 1.18 bits per heavy atom. The second-order valence-corrected chi connectivity index (χ2v) is 6.68. The first kappa shape index (κ1) is 14.0. The topological polar surface area (TPSA) is 67.1 Å². The lowest BCUT2D eigenvalue weighted by Gasteiger charge is -2.34.